The van der Waals surface area contributed by atoms with Crippen LogP contribution in [0.3, 0.4) is 0 Å². The van der Waals surface area contributed by atoms with Crippen LogP contribution >= 0.6 is 11.8 Å². The topological polar surface area (TPSA) is 67.6 Å². The molecule has 2 aromatic rings. The summed E-state index contributed by atoms with van der Waals surface area (Å²) in [5.74, 6) is 2.60. The van der Waals surface area contributed by atoms with Gasteiger partial charge >= 0.3 is 0 Å². The molecular weight excluding hydrogens is 362 g/mol. The molecular formula is C20H27N3O3S. The highest BCUT2D eigenvalue weighted by Crippen LogP contribution is 2.24. The normalized spacial score (nSPS) is 15.0. The maximum absolute atomic E-state index is 12.0. The number of rotatable bonds is 8. The molecule has 1 aliphatic heterocycles. The number of thioether (sulfide) groups is 1. The third-order valence-corrected chi connectivity index (χ3v) is 5.46. The zero-order chi connectivity index (χ0) is 19.1. The number of hydrogen-bond donors (Lipinski definition) is 1. The van der Waals surface area contributed by atoms with Crippen LogP contribution in [0.25, 0.3) is 11.5 Å². The summed E-state index contributed by atoms with van der Waals surface area (Å²) in [6.07, 6.45) is 0. The van der Waals surface area contributed by atoms with Crippen LogP contribution in [0, 0.1) is 13.8 Å². The first-order valence-corrected chi connectivity index (χ1v) is 10.4. The summed E-state index contributed by atoms with van der Waals surface area (Å²) < 4.78 is 11.1. The molecule has 6 nitrogen and oxygen atoms in total. The van der Waals surface area contributed by atoms with Gasteiger partial charge in [0.25, 0.3) is 0 Å². The fourth-order valence-corrected chi connectivity index (χ4v) is 3.70. The Morgan fingerprint density at radius 1 is 1.22 bits per heavy atom. The Balaban J connectivity index is 1.39. The number of benzene rings is 1. The summed E-state index contributed by atoms with van der Waals surface area (Å²) in [4.78, 5) is 18.9. The van der Waals surface area contributed by atoms with Gasteiger partial charge < -0.3 is 14.5 Å². The van der Waals surface area contributed by atoms with Crippen molar-refractivity contribution in [2.45, 2.75) is 19.6 Å². The molecule has 1 aromatic carbocycles. The minimum absolute atomic E-state index is 0.0631. The van der Waals surface area contributed by atoms with E-state index < -0.39 is 0 Å². The number of nitrogens with one attached hydrogen (secondary N) is 1. The number of carbonyl (C=O) groups excluding carboxylic acids is 1. The van der Waals surface area contributed by atoms with E-state index in [4.69, 9.17) is 9.15 Å². The van der Waals surface area contributed by atoms with E-state index in [1.165, 1.54) is 5.56 Å². The molecule has 3 rings (SSSR count). The van der Waals surface area contributed by atoms with E-state index in [1.54, 1.807) is 11.8 Å². The highest BCUT2D eigenvalue weighted by molar-refractivity contribution is 7.99. The first-order chi connectivity index (χ1) is 13.1. The van der Waals surface area contributed by atoms with Gasteiger partial charge in [-0.15, -0.1) is 11.8 Å². The lowest BCUT2D eigenvalue weighted by molar-refractivity contribution is -0.118. The van der Waals surface area contributed by atoms with Gasteiger partial charge in [0.05, 0.1) is 24.7 Å². The van der Waals surface area contributed by atoms with Gasteiger partial charge in [-0.05, 0) is 26.0 Å². The number of ether oxygens (including phenoxy) is 1. The van der Waals surface area contributed by atoms with Crippen molar-refractivity contribution in [3.05, 3.63) is 41.3 Å². The quantitative estimate of drug-likeness (QED) is 0.749. The van der Waals surface area contributed by atoms with Gasteiger partial charge in [-0.25, -0.2) is 4.98 Å². The first-order valence-electron chi connectivity index (χ1n) is 9.29. The number of amides is 1. The zero-order valence-corrected chi connectivity index (χ0v) is 16.8. The van der Waals surface area contributed by atoms with Gasteiger partial charge in [0, 0.05) is 37.5 Å². The smallest absolute Gasteiger partial charge is 0.230 e. The Labute approximate surface area is 164 Å². The number of aryl methyl sites for hydroxylation is 2. The van der Waals surface area contributed by atoms with Crippen LogP contribution in [-0.2, 0) is 15.3 Å². The van der Waals surface area contributed by atoms with Crippen LogP contribution in [0.2, 0.25) is 0 Å². The van der Waals surface area contributed by atoms with Gasteiger partial charge in [-0.1, -0.05) is 17.7 Å². The Morgan fingerprint density at radius 2 is 1.96 bits per heavy atom. The third kappa shape index (κ3) is 6.09. The van der Waals surface area contributed by atoms with Crippen LogP contribution in [0.1, 0.15) is 17.0 Å². The average Bonchev–Trinajstić information content (AvgIpc) is 3.04. The van der Waals surface area contributed by atoms with E-state index in [0.29, 0.717) is 23.9 Å². The van der Waals surface area contributed by atoms with Gasteiger partial charge in [0.1, 0.15) is 5.76 Å². The Hall–Kier alpha value is -1.83. The van der Waals surface area contributed by atoms with Crippen LogP contribution in [0.4, 0.5) is 0 Å². The van der Waals surface area contributed by atoms with E-state index in [1.807, 2.05) is 31.2 Å². The zero-order valence-electron chi connectivity index (χ0n) is 16.0. The predicted molar refractivity (Wildman–Crippen MR) is 108 cm³/mol. The lowest BCUT2D eigenvalue weighted by Gasteiger charge is -2.26. The molecule has 1 aliphatic rings. The number of aromatic nitrogens is 1. The first kappa shape index (κ1) is 19.9. The number of oxazole rings is 1. The number of morpholine rings is 1. The largest absolute Gasteiger partial charge is 0.441 e. The molecule has 1 aromatic heterocycles. The average molecular weight is 390 g/mol. The fourth-order valence-electron chi connectivity index (χ4n) is 2.85. The molecule has 0 aliphatic carbocycles. The van der Waals surface area contributed by atoms with E-state index in [2.05, 4.69) is 22.1 Å². The summed E-state index contributed by atoms with van der Waals surface area (Å²) in [7, 11) is 0. The van der Waals surface area contributed by atoms with Gasteiger partial charge in [0.2, 0.25) is 11.8 Å². The molecule has 0 saturated carbocycles. The van der Waals surface area contributed by atoms with Gasteiger partial charge in [-0.2, -0.15) is 0 Å². The molecule has 27 heavy (non-hydrogen) atoms. The molecule has 146 valence electrons. The molecule has 2 heterocycles. The molecule has 1 fully saturated rings. The highest BCUT2D eigenvalue weighted by Gasteiger charge is 2.13. The number of hydrogen-bond acceptors (Lipinski definition) is 6. The molecule has 0 radical (unpaired) electrons. The van der Waals surface area contributed by atoms with Crippen molar-refractivity contribution < 1.29 is 13.9 Å². The fraction of sp³-hybridized carbons (Fsp3) is 0.500. The van der Waals surface area contributed by atoms with Crippen molar-refractivity contribution in [3.63, 3.8) is 0 Å². The molecule has 1 N–H and O–H groups in total. The van der Waals surface area contributed by atoms with Crippen molar-refractivity contribution in [1.29, 1.82) is 0 Å². The van der Waals surface area contributed by atoms with E-state index >= 15 is 0 Å². The lowest BCUT2D eigenvalue weighted by atomic mass is 10.1. The monoisotopic (exact) mass is 389 g/mol. The van der Waals surface area contributed by atoms with Crippen LogP contribution < -0.4 is 5.32 Å². The minimum atomic E-state index is 0.0631. The predicted octanol–water partition coefficient (Wildman–Crippen LogP) is 2.64. The summed E-state index contributed by atoms with van der Waals surface area (Å²) in [6, 6.07) is 8.12. The molecule has 1 amide bonds. The van der Waals surface area contributed by atoms with E-state index in [9.17, 15) is 4.79 Å². The maximum Gasteiger partial charge on any atom is 0.230 e. The van der Waals surface area contributed by atoms with Crippen molar-refractivity contribution >= 4 is 17.7 Å². The highest BCUT2D eigenvalue weighted by atomic mass is 32.2. The van der Waals surface area contributed by atoms with E-state index in [0.717, 1.165) is 49.9 Å². The Morgan fingerprint density at radius 3 is 2.70 bits per heavy atom. The summed E-state index contributed by atoms with van der Waals surface area (Å²) in [5.41, 5.74) is 3.08. The Kier molecular flexibility index (Phi) is 7.32. The van der Waals surface area contributed by atoms with Crippen molar-refractivity contribution in [2.75, 3.05) is 45.1 Å². The molecule has 0 bridgehead atoms. The summed E-state index contributed by atoms with van der Waals surface area (Å²) in [6.45, 7) is 8.99. The van der Waals surface area contributed by atoms with Crippen LogP contribution in [0.5, 0.6) is 0 Å². The second-order valence-electron chi connectivity index (χ2n) is 6.68. The molecule has 7 heteroatoms. The third-order valence-electron chi connectivity index (χ3n) is 4.52. The molecule has 0 spiro atoms. The lowest BCUT2D eigenvalue weighted by Crippen LogP contribution is -2.41. The Bertz CT molecular complexity index is 739. The molecule has 0 atom stereocenters. The van der Waals surface area contributed by atoms with Crippen molar-refractivity contribution in [2.24, 2.45) is 0 Å². The molecule has 1 saturated heterocycles. The summed E-state index contributed by atoms with van der Waals surface area (Å²) in [5, 5.41) is 2.98. The van der Waals surface area contributed by atoms with Crippen LogP contribution in [0.15, 0.2) is 28.7 Å². The number of carbonyl (C=O) groups is 1. The van der Waals surface area contributed by atoms with Gasteiger partial charge in [0.15, 0.2) is 0 Å². The standard InChI is InChI=1S/C20H27N3O3S/c1-15-3-5-17(6-4-15)20-22-18(16(2)26-20)13-27-14-19(24)21-7-8-23-9-11-25-12-10-23/h3-6H,7-14H2,1-2H3,(H,21,24). The molecule has 0 unspecified atom stereocenters. The second kappa shape index (κ2) is 9.92. The maximum atomic E-state index is 12.0. The number of nitrogens with zero attached hydrogens (tertiary/aromatic N) is 2. The minimum Gasteiger partial charge on any atom is -0.441 e. The van der Waals surface area contributed by atoms with Crippen LogP contribution in [-0.4, -0.2) is 60.9 Å². The summed E-state index contributed by atoms with van der Waals surface area (Å²) >= 11 is 1.56. The van der Waals surface area contributed by atoms with Crippen molar-refractivity contribution in [3.8, 4) is 11.5 Å². The SMILES string of the molecule is Cc1ccc(-c2nc(CSCC(=O)NCCN3CCOCC3)c(C)o2)cc1. The van der Waals surface area contributed by atoms with Gasteiger partial charge in [-0.3, -0.25) is 9.69 Å². The van der Waals surface area contributed by atoms with Crippen molar-refractivity contribution in [1.82, 2.24) is 15.2 Å². The second-order valence-corrected chi connectivity index (χ2v) is 7.67. The van der Waals surface area contributed by atoms with E-state index in [-0.39, 0.29) is 5.91 Å².